The molecule has 3 unspecified atom stereocenters. The van der Waals surface area contributed by atoms with Crippen molar-refractivity contribution in [3.63, 3.8) is 0 Å². The van der Waals surface area contributed by atoms with Crippen LogP contribution in [0.25, 0.3) is 0 Å². The van der Waals surface area contributed by atoms with Gasteiger partial charge in [0.15, 0.2) is 0 Å². The van der Waals surface area contributed by atoms with Gasteiger partial charge in [-0.25, -0.2) is 0 Å². The third kappa shape index (κ3) is 4.54. The Morgan fingerprint density at radius 3 is 2.83 bits per heavy atom. The lowest BCUT2D eigenvalue weighted by atomic mass is 9.78. The maximum atomic E-state index is 12.5. The minimum atomic E-state index is -0.374. The minimum Gasteiger partial charge on any atom is -0.377 e. The highest BCUT2D eigenvalue weighted by molar-refractivity contribution is 5.83. The van der Waals surface area contributed by atoms with E-state index in [0.717, 1.165) is 25.0 Å². The van der Waals surface area contributed by atoms with Crippen LogP contribution < -0.4 is 10.6 Å². The van der Waals surface area contributed by atoms with E-state index in [1.54, 1.807) is 17.9 Å². The van der Waals surface area contributed by atoms with Gasteiger partial charge in [0.2, 0.25) is 5.91 Å². The summed E-state index contributed by atoms with van der Waals surface area (Å²) in [6, 6.07) is -0.374. The summed E-state index contributed by atoms with van der Waals surface area (Å²) < 4.78 is 7.69. The number of amides is 1. The van der Waals surface area contributed by atoms with Crippen molar-refractivity contribution in [3.05, 3.63) is 18.0 Å². The lowest BCUT2D eigenvalue weighted by molar-refractivity contribution is -0.125. The lowest BCUT2D eigenvalue weighted by Gasteiger charge is -2.40. The molecule has 0 aromatic carbocycles. The molecule has 1 saturated heterocycles. The second-order valence-electron chi connectivity index (χ2n) is 7.47. The van der Waals surface area contributed by atoms with Gasteiger partial charge in [-0.15, -0.1) is 0 Å². The van der Waals surface area contributed by atoms with E-state index in [1.807, 2.05) is 13.2 Å². The number of nitrogens with one attached hydrogen (secondary N) is 2. The summed E-state index contributed by atoms with van der Waals surface area (Å²) >= 11 is 0. The van der Waals surface area contributed by atoms with Crippen LogP contribution in [-0.2, 0) is 16.6 Å². The van der Waals surface area contributed by atoms with Gasteiger partial charge in [-0.3, -0.25) is 9.48 Å². The van der Waals surface area contributed by atoms with Crippen LogP contribution in [0.5, 0.6) is 0 Å². The van der Waals surface area contributed by atoms with Crippen molar-refractivity contribution in [1.29, 1.82) is 0 Å². The number of aromatic nitrogens is 2. The molecule has 1 aliphatic rings. The third-order valence-corrected chi connectivity index (χ3v) is 4.45. The maximum absolute atomic E-state index is 12.5. The lowest BCUT2D eigenvalue weighted by Crippen LogP contribution is -2.46. The Kier molecular flexibility index (Phi) is 5.81. The zero-order chi connectivity index (χ0) is 17.0. The highest BCUT2D eigenvalue weighted by atomic mass is 16.5. The van der Waals surface area contributed by atoms with E-state index in [-0.39, 0.29) is 23.5 Å². The van der Waals surface area contributed by atoms with Gasteiger partial charge < -0.3 is 15.4 Å². The number of likely N-dealkylation sites (N-methyl/N-ethyl adjacent to an activating group) is 1. The van der Waals surface area contributed by atoms with Crippen molar-refractivity contribution in [3.8, 4) is 0 Å². The third-order valence-electron chi connectivity index (χ3n) is 4.45. The highest BCUT2D eigenvalue weighted by Gasteiger charge is 2.35. The average Bonchev–Trinajstić information content (AvgIpc) is 2.91. The van der Waals surface area contributed by atoms with Crippen LogP contribution in [0.4, 0.5) is 0 Å². The number of ether oxygens (including phenoxy) is 1. The molecule has 1 fully saturated rings. The first-order valence-electron chi connectivity index (χ1n) is 8.38. The zero-order valence-corrected chi connectivity index (χ0v) is 14.9. The molecular formula is C17H30N4O2. The standard InChI is InChI=1S/C17H30N4O2/c1-17(2,3)15-12(7-6-8-23-15)9-19-16(22)14(18-4)13-10-20-21(5)11-13/h10-12,14-15,18H,6-9H2,1-5H3,(H,19,22). The molecule has 6 nitrogen and oxygen atoms in total. The fourth-order valence-electron chi connectivity index (χ4n) is 3.38. The molecule has 0 spiro atoms. The van der Waals surface area contributed by atoms with E-state index in [1.165, 1.54) is 0 Å². The Hall–Kier alpha value is -1.40. The molecule has 0 bridgehead atoms. The molecule has 6 heteroatoms. The van der Waals surface area contributed by atoms with Crippen molar-refractivity contribution in [2.75, 3.05) is 20.2 Å². The van der Waals surface area contributed by atoms with E-state index in [4.69, 9.17) is 4.74 Å². The first kappa shape index (κ1) is 17.9. The molecule has 0 aliphatic carbocycles. The summed E-state index contributed by atoms with van der Waals surface area (Å²) in [7, 11) is 3.64. The van der Waals surface area contributed by atoms with Gasteiger partial charge in [0.25, 0.3) is 0 Å². The van der Waals surface area contributed by atoms with Gasteiger partial charge in [0.1, 0.15) is 6.04 Å². The van der Waals surface area contributed by atoms with Gasteiger partial charge in [-0.1, -0.05) is 20.8 Å². The van der Waals surface area contributed by atoms with E-state index in [2.05, 4.69) is 36.5 Å². The van der Waals surface area contributed by atoms with E-state index >= 15 is 0 Å². The number of carbonyl (C=O) groups excluding carboxylic acids is 1. The topological polar surface area (TPSA) is 68.2 Å². The SMILES string of the molecule is CNC(C(=O)NCC1CCCOC1C(C)(C)C)c1cnn(C)c1. The van der Waals surface area contributed by atoms with Gasteiger partial charge in [0, 0.05) is 37.9 Å². The first-order valence-corrected chi connectivity index (χ1v) is 8.38. The number of nitrogens with zero attached hydrogens (tertiary/aromatic N) is 2. The molecule has 130 valence electrons. The first-order chi connectivity index (χ1) is 10.8. The Labute approximate surface area is 139 Å². The molecule has 2 rings (SSSR count). The smallest absolute Gasteiger partial charge is 0.241 e. The van der Waals surface area contributed by atoms with Crippen molar-refractivity contribution in [2.45, 2.75) is 45.8 Å². The summed E-state index contributed by atoms with van der Waals surface area (Å²) in [6.45, 7) is 8.07. The quantitative estimate of drug-likeness (QED) is 0.865. The predicted molar refractivity (Wildman–Crippen MR) is 89.9 cm³/mol. The molecule has 1 aromatic rings. The highest BCUT2D eigenvalue weighted by Crippen LogP contribution is 2.33. The van der Waals surface area contributed by atoms with Gasteiger partial charge >= 0.3 is 0 Å². The monoisotopic (exact) mass is 322 g/mol. The molecule has 1 amide bonds. The molecule has 2 heterocycles. The summed E-state index contributed by atoms with van der Waals surface area (Å²) in [5.74, 6) is 0.345. The second kappa shape index (κ2) is 7.45. The van der Waals surface area contributed by atoms with Crippen LogP contribution in [0.2, 0.25) is 0 Å². The number of carbonyl (C=O) groups is 1. The normalized spacial score (nSPS) is 23.5. The summed E-state index contributed by atoms with van der Waals surface area (Å²) in [5.41, 5.74) is 0.960. The summed E-state index contributed by atoms with van der Waals surface area (Å²) in [6.07, 6.45) is 5.93. The van der Waals surface area contributed by atoms with Crippen LogP contribution in [0.1, 0.15) is 45.2 Å². The van der Waals surface area contributed by atoms with Crippen molar-refractivity contribution in [1.82, 2.24) is 20.4 Å². The maximum Gasteiger partial charge on any atom is 0.241 e. The van der Waals surface area contributed by atoms with Gasteiger partial charge in [-0.05, 0) is 25.3 Å². The van der Waals surface area contributed by atoms with Crippen LogP contribution in [0, 0.1) is 11.3 Å². The molecule has 23 heavy (non-hydrogen) atoms. The molecule has 1 aliphatic heterocycles. The Balaban J connectivity index is 1.96. The number of hydrogen-bond acceptors (Lipinski definition) is 4. The van der Waals surface area contributed by atoms with Crippen molar-refractivity contribution >= 4 is 5.91 Å². The Morgan fingerprint density at radius 1 is 1.52 bits per heavy atom. The molecule has 0 saturated carbocycles. The predicted octanol–water partition coefficient (Wildman–Crippen LogP) is 1.64. The average molecular weight is 322 g/mol. The Morgan fingerprint density at radius 2 is 2.26 bits per heavy atom. The van der Waals surface area contributed by atoms with Gasteiger partial charge in [0.05, 0.1) is 12.3 Å². The van der Waals surface area contributed by atoms with E-state index in [0.29, 0.717) is 12.5 Å². The number of rotatable bonds is 5. The Bertz CT molecular complexity index is 521. The molecular weight excluding hydrogens is 292 g/mol. The van der Waals surface area contributed by atoms with Crippen LogP contribution in [0.3, 0.4) is 0 Å². The van der Waals surface area contributed by atoms with Crippen LogP contribution >= 0.6 is 0 Å². The summed E-state index contributed by atoms with van der Waals surface area (Å²) in [5, 5.41) is 10.3. The molecule has 3 atom stereocenters. The van der Waals surface area contributed by atoms with Gasteiger partial charge in [-0.2, -0.15) is 5.10 Å². The van der Waals surface area contributed by atoms with Crippen molar-refractivity contribution < 1.29 is 9.53 Å². The number of aryl methyl sites for hydroxylation is 1. The van der Waals surface area contributed by atoms with Crippen molar-refractivity contribution in [2.24, 2.45) is 18.4 Å². The second-order valence-corrected chi connectivity index (χ2v) is 7.47. The molecule has 2 N–H and O–H groups in total. The van der Waals surface area contributed by atoms with E-state index in [9.17, 15) is 4.79 Å². The molecule has 1 aromatic heterocycles. The number of hydrogen-bond donors (Lipinski definition) is 2. The van der Waals surface area contributed by atoms with E-state index < -0.39 is 0 Å². The van der Waals surface area contributed by atoms with Crippen LogP contribution in [-0.4, -0.2) is 42.0 Å². The van der Waals surface area contributed by atoms with Crippen LogP contribution in [0.15, 0.2) is 12.4 Å². The zero-order valence-electron chi connectivity index (χ0n) is 14.9. The summed E-state index contributed by atoms with van der Waals surface area (Å²) in [4.78, 5) is 12.5. The fraction of sp³-hybridized carbons (Fsp3) is 0.765. The minimum absolute atomic E-state index is 0.0151. The molecule has 0 radical (unpaired) electrons. The fourth-order valence-corrected chi connectivity index (χ4v) is 3.38. The largest absolute Gasteiger partial charge is 0.377 e.